The van der Waals surface area contributed by atoms with Crippen molar-refractivity contribution in [2.45, 2.75) is 51.1 Å². The second-order valence-electron chi connectivity index (χ2n) is 8.61. The molecule has 1 aliphatic heterocycles. The van der Waals surface area contributed by atoms with E-state index in [2.05, 4.69) is 33.2 Å². The first-order chi connectivity index (χ1) is 15.4. The van der Waals surface area contributed by atoms with Gasteiger partial charge >= 0.3 is 0 Å². The van der Waals surface area contributed by atoms with Crippen molar-refractivity contribution < 1.29 is 14.4 Å². The number of halogens is 1. The largest absolute Gasteiger partial charge is 0.326 e. The lowest BCUT2D eigenvalue weighted by atomic mass is 9.94. The number of nitrogens with one attached hydrogen (secondary N) is 1. The van der Waals surface area contributed by atoms with Gasteiger partial charge in [0, 0.05) is 35.7 Å². The first-order valence-corrected chi connectivity index (χ1v) is 12.0. The summed E-state index contributed by atoms with van der Waals surface area (Å²) in [4.78, 5) is 41.4. The van der Waals surface area contributed by atoms with Gasteiger partial charge in [-0.3, -0.25) is 24.2 Å². The van der Waals surface area contributed by atoms with Gasteiger partial charge in [0.2, 0.25) is 5.91 Å². The summed E-state index contributed by atoms with van der Waals surface area (Å²) >= 11 is 3.33. The van der Waals surface area contributed by atoms with Gasteiger partial charge in [-0.05, 0) is 49.7 Å². The predicted octanol–water partition coefficient (Wildman–Crippen LogP) is 4.84. The molecule has 7 heteroatoms. The Hall–Kier alpha value is -2.51. The number of carbonyl (C=O) groups is 3. The summed E-state index contributed by atoms with van der Waals surface area (Å²) in [6, 6.07) is 13.4. The first kappa shape index (κ1) is 22.7. The highest BCUT2D eigenvalue weighted by Crippen LogP contribution is 2.27. The van der Waals surface area contributed by atoms with E-state index in [1.54, 1.807) is 18.2 Å². The normalized spacial score (nSPS) is 16.5. The highest BCUT2D eigenvalue weighted by atomic mass is 79.9. The zero-order valence-electron chi connectivity index (χ0n) is 18.3. The van der Waals surface area contributed by atoms with E-state index in [1.807, 2.05) is 24.3 Å². The molecule has 2 aromatic rings. The Balaban J connectivity index is 1.36. The molecule has 0 spiro atoms. The summed E-state index contributed by atoms with van der Waals surface area (Å²) in [5.74, 6) is -0.913. The number of rotatable bonds is 7. The highest BCUT2D eigenvalue weighted by Gasteiger charge is 2.35. The maximum absolute atomic E-state index is 12.7. The van der Waals surface area contributed by atoms with Crippen LogP contribution in [0.2, 0.25) is 0 Å². The van der Waals surface area contributed by atoms with Crippen LogP contribution in [0.25, 0.3) is 0 Å². The number of nitrogens with zero attached hydrogens (tertiary/aromatic N) is 2. The molecule has 1 saturated carbocycles. The van der Waals surface area contributed by atoms with Crippen LogP contribution in [-0.2, 0) is 11.3 Å². The van der Waals surface area contributed by atoms with E-state index in [0.717, 1.165) is 27.2 Å². The molecule has 2 aromatic carbocycles. The molecular weight excluding hydrogens is 470 g/mol. The van der Waals surface area contributed by atoms with Gasteiger partial charge in [0.25, 0.3) is 11.8 Å². The Morgan fingerprint density at radius 2 is 1.78 bits per heavy atom. The Kier molecular flexibility index (Phi) is 7.06. The monoisotopic (exact) mass is 497 g/mol. The molecule has 0 atom stereocenters. The van der Waals surface area contributed by atoms with E-state index < -0.39 is 0 Å². The number of benzene rings is 2. The van der Waals surface area contributed by atoms with E-state index in [-0.39, 0.29) is 30.7 Å². The SMILES string of the molecule is CN(Cc1ccccc1NC(=O)CCN1C(=O)c2ccc(Br)cc2C1=O)C1CCCCC1. The summed E-state index contributed by atoms with van der Waals surface area (Å²) in [5.41, 5.74) is 2.61. The molecule has 168 valence electrons. The Labute approximate surface area is 197 Å². The van der Waals surface area contributed by atoms with E-state index in [4.69, 9.17) is 0 Å². The number of imide groups is 1. The van der Waals surface area contributed by atoms with Crippen molar-refractivity contribution in [2.75, 3.05) is 18.9 Å². The van der Waals surface area contributed by atoms with Gasteiger partial charge in [0.1, 0.15) is 0 Å². The van der Waals surface area contributed by atoms with Crippen molar-refractivity contribution in [1.29, 1.82) is 0 Å². The van der Waals surface area contributed by atoms with Crippen LogP contribution in [0.15, 0.2) is 46.9 Å². The molecule has 0 aromatic heterocycles. The molecule has 0 unspecified atom stereocenters. The molecule has 1 heterocycles. The fourth-order valence-electron chi connectivity index (χ4n) is 4.59. The van der Waals surface area contributed by atoms with Crippen LogP contribution in [0.1, 0.15) is 64.8 Å². The summed E-state index contributed by atoms with van der Waals surface area (Å²) in [6.07, 6.45) is 6.38. The second-order valence-corrected chi connectivity index (χ2v) is 9.53. The smallest absolute Gasteiger partial charge is 0.261 e. The first-order valence-electron chi connectivity index (χ1n) is 11.2. The van der Waals surface area contributed by atoms with Crippen LogP contribution in [-0.4, -0.2) is 47.2 Å². The fraction of sp³-hybridized carbons (Fsp3) is 0.400. The predicted molar refractivity (Wildman–Crippen MR) is 128 cm³/mol. The van der Waals surface area contributed by atoms with Crippen LogP contribution in [0.5, 0.6) is 0 Å². The van der Waals surface area contributed by atoms with Crippen molar-refractivity contribution in [1.82, 2.24) is 9.80 Å². The van der Waals surface area contributed by atoms with Crippen molar-refractivity contribution in [2.24, 2.45) is 0 Å². The molecule has 6 nitrogen and oxygen atoms in total. The fourth-order valence-corrected chi connectivity index (χ4v) is 4.95. The standard InChI is InChI=1S/C25H28BrN3O3/c1-28(19-8-3-2-4-9-19)16-17-7-5-6-10-22(17)27-23(30)13-14-29-24(31)20-12-11-18(26)15-21(20)25(29)32/h5-7,10-12,15,19H,2-4,8-9,13-14,16H2,1H3,(H,27,30). The maximum atomic E-state index is 12.7. The van der Waals surface area contributed by atoms with E-state index in [0.29, 0.717) is 17.2 Å². The summed E-state index contributed by atoms with van der Waals surface area (Å²) in [5, 5.41) is 2.98. The molecule has 1 N–H and O–H groups in total. The second kappa shape index (κ2) is 9.96. The van der Waals surface area contributed by atoms with Gasteiger partial charge in [0.05, 0.1) is 11.1 Å². The number of para-hydroxylation sites is 1. The Morgan fingerprint density at radius 3 is 2.56 bits per heavy atom. The van der Waals surface area contributed by atoms with E-state index >= 15 is 0 Å². The number of hydrogen-bond acceptors (Lipinski definition) is 4. The quantitative estimate of drug-likeness (QED) is 0.555. The molecular formula is C25H28BrN3O3. The Bertz CT molecular complexity index is 1030. The molecule has 0 bridgehead atoms. The zero-order valence-corrected chi connectivity index (χ0v) is 19.9. The molecule has 1 aliphatic carbocycles. The third-order valence-corrected chi connectivity index (χ3v) is 6.90. The van der Waals surface area contributed by atoms with Gasteiger partial charge in [-0.15, -0.1) is 0 Å². The minimum Gasteiger partial charge on any atom is -0.326 e. The maximum Gasteiger partial charge on any atom is 0.261 e. The topological polar surface area (TPSA) is 69.7 Å². The van der Waals surface area contributed by atoms with E-state index in [1.165, 1.54) is 32.1 Å². The Morgan fingerprint density at radius 1 is 1.06 bits per heavy atom. The third kappa shape index (κ3) is 4.94. The van der Waals surface area contributed by atoms with Crippen LogP contribution >= 0.6 is 15.9 Å². The van der Waals surface area contributed by atoms with Crippen LogP contribution in [0, 0.1) is 0 Å². The molecule has 32 heavy (non-hydrogen) atoms. The van der Waals surface area contributed by atoms with Crippen LogP contribution < -0.4 is 5.32 Å². The average molecular weight is 498 g/mol. The molecule has 0 saturated heterocycles. The highest BCUT2D eigenvalue weighted by molar-refractivity contribution is 9.10. The number of anilines is 1. The van der Waals surface area contributed by atoms with Gasteiger partial charge < -0.3 is 5.32 Å². The molecule has 1 fully saturated rings. The summed E-state index contributed by atoms with van der Waals surface area (Å²) in [6.45, 7) is 0.828. The third-order valence-electron chi connectivity index (χ3n) is 6.40. The van der Waals surface area contributed by atoms with Crippen LogP contribution in [0.4, 0.5) is 5.69 Å². The summed E-state index contributed by atoms with van der Waals surface area (Å²) in [7, 11) is 2.15. The molecule has 3 amide bonds. The van der Waals surface area contributed by atoms with Crippen molar-refractivity contribution in [3.05, 3.63) is 63.6 Å². The lowest BCUT2D eigenvalue weighted by Gasteiger charge is -2.31. The minimum absolute atomic E-state index is 0.0550. The lowest BCUT2D eigenvalue weighted by Crippen LogP contribution is -2.34. The molecule has 2 aliphatic rings. The average Bonchev–Trinajstić information content (AvgIpc) is 3.03. The summed E-state index contributed by atoms with van der Waals surface area (Å²) < 4.78 is 0.742. The number of hydrogen-bond donors (Lipinski definition) is 1. The van der Waals surface area contributed by atoms with Gasteiger partial charge in [0.15, 0.2) is 0 Å². The number of fused-ring (bicyclic) bond motifs is 1. The van der Waals surface area contributed by atoms with Gasteiger partial charge in [-0.1, -0.05) is 53.4 Å². The lowest BCUT2D eigenvalue weighted by molar-refractivity contribution is -0.116. The molecule has 0 radical (unpaired) electrons. The minimum atomic E-state index is -0.353. The molecule has 4 rings (SSSR count). The van der Waals surface area contributed by atoms with Crippen LogP contribution in [0.3, 0.4) is 0 Å². The van der Waals surface area contributed by atoms with Crippen molar-refractivity contribution in [3.8, 4) is 0 Å². The van der Waals surface area contributed by atoms with Gasteiger partial charge in [-0.25, -0.2) is 0 Å². The zero-order chi connectivity index (χ0) is 22.7. The van der Waals surface area contributed by atoms with E-state index in [9.17, 15) is 14.4 Å². The number of carbonyl (C=O) groups excluding carboxylic acids is 3. The van der Waals surface area contributed by atoms with Crippen molar-refractivity contribution >= 4 is 39.3 Å². The van der Waals surface area contributed by atoms with Crippen molar-refractivity contribution in [3.63, 3.8) is 0 Å². The van der Waals surface area contributed by atoms with Gasteiger partial charge in [-0.2, -0.15) is 0 Å². The number of amides is 3.